The summed E-state index contributed by atoms with van der Waals surface area (Å²) in [4.78, 5) is 36.4. The number of aryl methyl sites for hydroxylation is 1. The van der Waals surface area contributed by atoms with E-state index in [4.69, 9.17) is 9.26 Å². The Labute approximate surface area is 256 Å². The Morgan fingerprint density at radius 2 is 2.00 bits per heavy atom. The third-order valence-electron chi connectivity index (χ3n) is 8.12. The third kappa shape index (κ3) is 7.80. The van der Waals surface area contributed by atoms with Gasteiger partial charge in [-0.05, 0) is 35.5 Å². The van der Waals surface area contributed by atoms with Gasteiger partial charge in [0.2, 0.25) is 11.8 Å². The predicted octanol–water partition coefficient (Wildman–Crippen LogP) is 2.80. The van der Waals surface area contributed by atoms with Crippen LogP contribution in [0.3, 0.4) is 0 Å². The summed E-state index contributed by atoms with van der Waals surface area (Å²) in [5.74, 6) is -0.592. The lowest BCUT2D eigenvalue weighted by Crippen LogP contribution is -2.48. The number of carbonyl (C=O) groups excluding carboxylic acids is 2. The number of ether oxygens (including phenoxy) is 1. The van der Waals surface area contributed by atoms with E-state index in [0.717, 1.165) is 60.8 Å². The Bertz CT molecular complexity index is 1350. The lowest BCUT2D eigenvalue weighted by Gasteiger charge is -2.28. The molecule has 4 heterocycles. The maximum Gasteiger partial charge on any atom is 0.254 e. The van der Waals surface area contributed by atoms with E-state index in [9.17, 15) is 14.7 Å². The minimum atomic E-state index is -0.779. The molecule has 43 heavy (non-hydrogen) atoms. The van der Waals surface area contributed by atoms with Crippen molar-refractivity contribution in [2.45, 2.75) is 58.2 Å². The summed E-state index contributed by atoms with van der Waals surface area (Å²) >= 11 is 1.60. The van der Waals surface area contributed by atoms with Crippen molar-refractivity contribution in [2.24, 2.45) is 5.92 Å². The van der Waals surface area contributed by atoms with Crippen molar-refractivity contribution in [2.75, 3.05) is 45.9 Å². The summed E-state index contributed by atoms with van der Waals surface area (Å²) in [6, 6.07) is 8.90. The number of benzene rings is 1. The second kappa shape index (κ2) is 14.4. The van der Waals surface area contributed by atoms with Crippen molar-refractivity contribution < 1.29 is 24.0 Å². The van der Waals surface area contributed by atoms with Crippen molar-refractivity contribution >= 4 is 23.2 Å². The Hall–Kier alpha value is -3.32. The number of β-amino-alcohol motifs (C(OH)–C–C–N with tert-alkyl or cyclic N) is 1. The van der Waals surface area contributed by atoms with Gasteiger partial charge in [0.15, 0.2) is 5.76 Å². The first-order valence-corrected chi connectivity index (χ1v) is 16.0. The normalized spacial score (nSPS) is 20.0. The number of hydrogen-bond donors (Lipinski definition) is 3. The first-order valence-electron chi connectivity index (χ1n) is 15.1. The molecule has 0 radical (unpaired) electrons. The van der Waals surface area contributed by atoms with Gasteiger partial charge in [0.1, 0.15) is 12.0 Å². The number of nitrogens with one attached hydrogen (secondary N) is 2. The highest BCUT2D eigenvalue weighted by atomic mass is 32.1. The molecule has 3 atom stereocenters. The van der Waals surface area contributed by atoms with Crippen LogP contribution in [-0.2, 0) is 16.1 Å². The first kappa shape index (κ1) is 31.1. The van der Waals surface area contributed by atoms with Gasteiger partial charge in [-0.2, -0.15) is 0 Å². The molecule has 232 valence electrons. The molecule has 3 N–H and O–H groups in total. The number of piperazine rings is 1. The van der Waals surface area contributed by atoms with Crippen molar-refractivity contribution in [1.29, 1.82) is 0 Å². The molecule has 5 rings (SSSR count). The van der Waals surface area contributed by atoms with Crippen LogP contribution >= 0.6 is 11.3 Å². The Balaban J connectivity index is 1.17. The number of aromatic nitrogens is 2. The van der Waals surface area contributed by atoms with Gasteiger partial charge < -0.3 is 34.8 Å². The van der Waals surface area contributed by atoms with Gasteiger partial charge in [-0.15, -0.1) is 11.3 Å². The monoisotopic (exact) mass is 610 g/mol. The van der Waals surface area contributed by atoms with Crippen LogP contribution in [0.2, 0.25) is 0 Å². The summed E-state index contributed by atoms with van der Waals surface area (Å²) in [7, 11) is 0. The lowest BCUT2D eigenvalue weighted by molar-refractivity contribution is -0.141. The number of aliphatic hydroxyl groups is 1. The number of thiazole rings is 1. The molecule has 2 aliphatic heterocycles. The van der Waals surface area contributed by atoms with Crippen LogP contribution in [0.25, 0.3) is 10.4 Å². The number of likely N-dealkylation sites (tertiary alicyclic amines) is 1. The van der Waals surface area contributed by atoms with Gasteiger partial charge in [0.25, 0.3) is 5.88 Å². The van der Waals surface area contributed by atoms with E-state index in [0.29, 0.717) is 24.8 Å². The van der Waals surface area contributed by atoms with Gasteiger partial charge in [-0.3, -0.25) is 9.59 Å². The third-order valence-corrected chi connectivity index (χ3v) is 9.09. The maximum atomic E-state index is 13.8. The Morgan fingerprint density at radius 3 is 2.70 bits per heavy atom. The molecule has 0 aliphatic carbocycles. The number of amides is 2. The highest BCUT2D eigenvalue weighted by molar-refractivity contribution is 7.13. The highest BCUT2D eigenvalue weighted by Gasteiger charge is 2.43. The molecule has 0 spiro atoms. The summed E-state index contributed by atoms with van der Waals surface area (Å²) in [5, 5.41) is 20.8. The van der Waals surface area contributed by atoms with Crippen molar-refractivity contribution in [3.8, 4) is 16.3 Å². The van der Waals surface area contributed by atoms with Crippen molar-refractivity contribution in [3.05, 3.63) is 52.9 Å². The van der Waals surface area contributed by atoms with Crippen LogP contribution in [0.4, 0.5) is 0 Å². The smallest absolute Gasteiger partial charge is 0.254 e. The van der Waals surface area contributed by atoms with Gasteiger partial charge in [0, 0.05) is 58.3 Å². The molecule has 0 saturated carbocycles. The largest absolute Gasteiger partial charge is 0.475 e. The minimum Gasteiger partial charge on any atom is -0.475 e. The number of nitrogens with zero attached hydrogens (tertiary/aromatic N) is 4. The van der Waals surface area contributed by atoms with Gasteiger partial charge in [-0.25, -0.2) is 4.98 Å². The standard InChI is InChI=1S/C31H42N6O5S/c1-20(2)28(26-16-27(35-42-26)41-14-4-11-36-12-9-32-10-13-36)31(40)37-18-24(38)15-25(37)30(39)33-17-22-5-7-23(8-6-22)29-21(3)34-19-43-29/h5-8,16,19-20,24-25,28,32,38H,4,9-15,17-18H2,1-3H3,(H,33,39)/t24-,25+,28?/m1/s1. The van der Waals surface area contributed by atoms with E-state index in [2.05, 4.69) is 25.7 Å². The molecule has 2 fully saturated rings. The average molecular weight is 611 g/mol. The predicted molar refractivity (Wildman–Crippen MR) is 164 cm³/mol. The van der Waals surface area contributed by atoms with Crippen LogP contribution in [0.15, 0.2) is 40.4 Å². The van der Waals surface area contributed by atoms with Crippen molar-refractivity contribution in [1.82, 2.24) is 30.6 Å². The molecule has 11 nitrogen and oxygen atoms in total. The van der Waals surface area contributed by atoms with Gasteiger partial charge >= 0.3 is 0 Å². The summed E-state index contributed by atoms with van der Waals surface area (Å²) in [6.45, 7) is 11.8. The molecule has 2 aliphatic rings. The van der Waals surface area contributed by atoms with E-state index in [1.165, 1.54) is 4.90 Å². The second-order valence-corrected chi connectivity index (χ2v) is 12.5. The topological polar surface area (TPSA) is 133 Å². The average Bonchev–Trinajstić information content (AvgIpc) is 3.75. The van der Waals surface area contributed by atoms with Gasteiger partial charge in [-0.1, -0.05) is 38.1 Å². The van der Waals surface area contributed by atoms with E-state index in [-0.39, 0.29) is 30.7 Å². The molecule has 1 aromatic carbocycles. The molecule has 2 amide bonds. The molecule has 3 aromatic rings. The quantitative estimate of drug-likeness (QED) is 0.265. The molecule has 2 aromatic heterocycles. The van der Waals surface area contributed by atoms with Crippen LogP contribution < -0.4 is 15.4 Å². The maximum absolute atomic E-state index is 13.8. The van der Waals surface area contributed by atoms with Gasteiger partial charge in [0.05, 0.1) is 28.8 Å². The van der Waals surface area contributed by atoms with E-state index in [1.807, 2.05) is 50.5 Å². The number of hydrogen-bond acceptors (Lipinski definition) is 10. The number of rotatable bonds is 12. The van der Waals surface area contributed by atoms with Crippen molar-refractivity contribution in [3.63, 3.8) is 0 Å². The fraction of sp³-hybridized carbons (Fsp3) is 0.548. The van der Waals surface area contributed by atoms with Crippen LogP contribution in [0.5, 0.6) is 5.88 Å². The molecule has 12 heteroatoms. The van der Waals surface area contributed by atoms with Crippen LogP contribution in [-0.4, -0.2) is 94.9 Å². The second-order valence-electron chi connectivity index (χ2n) is 11.7. The zero-order chi connectivity index (χ0) is 30.3. The Morgan fingerprint density at radius 1 is 1.23 bits per heavy atom. The lowest BCUT2D eigenvalue weighted by atomic mass is 9.91. The molecule has 1 unspecified atom stereocenters. The van der Waals surface area contributed by atoms with Crippen LogP contribution in [0, 0.1) is 12.8 Å². The first-order chi connectivity index (χ1) is 20.8. The summed E-state index contributed by atoms with van der Waals surface area (Å²) < 4.78 is 11.4. The number of aliphatic hydroxyl groups excluding tert-OH is 1. The molecule has 2 saturated heterocycles. The minimum absolute atomic E-state index is 0.0898. The summed E-state index contributed by atoms with van der Waals surface area (Å²) in [5.41, 5.74) is 4.85. The molecular weight excluding hydrogens is 568 g/mol. The zero-order valence-electron chi connectivity index (χ0n) is 25.1. The summed E-state index contributed by atoms with van der Waals surface area (Å²) in [6.07, 6.45) is 0.274. The fourth-order valence-electron chi connectivity index (χ4n) is 5.77. The fourth-order valence-corrected chi connectivity index (χ4v) is 6.58. The Kier molecular flexibility index (Phi) is 10.4. The van der Waals surface area contributed by atoms with E-state index in [1.54, 1.807) is 17.4 Å². The SMILES string of the molecule is Cc1ncsc1-c1ccc(CNC(=O)[C@@H]2C[C@@H](O)CN2C(=O)C(c2cc(OCCCN3CCNCC3)no2)C(C)C)cc1. The molecular formula is C31H42N6O5S. The zero-order valence-corrected chi connectivity index (χ0v) is 25.9. The van der Waals surface area contributed by atoms with E-state index >= 15 is 0 Å². The molecule has 0 bridgehead atoms. The number of carbonyl (C=O) groups is 2. The highest BCUT2D eigenvalue weighted by Crippen LogP contribution is 2.32. The van der Waals surface area contributed by atoms with E-state index < -0.39 is 18.1 Å². The van der Waals surface area contributed by atoms with Crippen LogP contribution in [0.1, 0.15) is 49.6 Å².